The van der Waals surface area contributed by atoms with Crippen molar-refractivity contribution < 1.29 is 4.79 Å². The van der Waals surface area contributed by atoms with E-state index in [0.717, 1.165) is 18.7 Å². The number of hydrogen-bond donors (Lipinski definition) is 1. The predicted molar refractivity (Wildman–Crippen MR) is 67.8 cm³/mol. The number of rotatable bonds is 3. The number of hydrogen-bond acceptors (Lipinski definition) is 3. The molecule has 2 rings (SSSR count). The average molecular weight is 241 g/mol. The van der Waals surface area contributed by atoms with E-state index in [2.05, 4.69) is 18.8 Å². The summed E-state index contributed by atoms with van der Waals surface area (Å²) in [5, 5.41) is 0. The van der Waals surface area contributed by atoms with Crippen molar-refractivity contribution in [1.82, 2.24) is 4.90 Å². The van der Waals surface area contributed by atoms with Crippen LogP contribution in [0.25, 0.3) is 0 Å². The van der Waals surface area contributed by atoms with Gasteiger partial charge in [0.2, 0.25) is 0 Å². The van der Waals surface area contributed by atoms with Gasteiger partial charge >= 0.3 is 6.03 Å². The van der Waals surface area contributed by atoms with Crippen molar-refractivity contribution >= 4 is 23.6 Å². The second kappa shape index (κ2) is 4.65. The van der Waals surface area contributed by atoms with Crippen LogP contribution in [0.15, 0.2) is 4.99 Å². The lowest BCUT2D eigenvalue weighted by Crippen LogP contribution is -2.47. The highest BCUT2D eigenvalue weighted by Crippen LogP contribution is 2.31. The Morgan fingerprint density at radius 2 is 2.38 bits per heavy atom. The molecule has 0 aromatic carbocycles. The zero-order chi connectivity index (χ0) is 11.7. The van der Waals surface area contributed by atoms with Crippen LogP contribution in [-0.2, 0) is 0 Å². The molecule has 2 aliphatic heterocycles. The van der Waals surface area contributed by atoms with E-state index in [9.17, 15) is 4.79 Å². The summed E-state index contributed by atoms with van der Waals surface area (Å²) in [4.78, 5) is 17.5. The van der Waals surface area contributed by atoms with Crippen LogP contribution in [0, 0.1) is 11.8 Å². The molecule has 2 N–H and O–H groups in total. The summed E-state index contributed by atoms with van der Waals surface area (Å²) in [5.41, 5.74) is 5.89. The summed E-state index contributed by atoms with van der Waals surface area (Å²) in [6.07, 6.45) is 1.15. The maximum Gasteiger partial charge on any atom is 0.345 e. The fourth-order valence-corrected chi connectivity index (χ4v) is 3.69. The quantitative estimate of drug-likeness (QED) is 0.815. The molecule has 1 fully saturated rings. The molecule has 5 heteroatoms. The van der Waals surface area contributed by atoms with Crippen molar-refractivity contribution in [2.75, 3.05) is 18.1 Å². The monoisotopic (exact) mass is 241 g/mol. The first-order valence-corrected chi connectivity index (χ1v) is 6.97. The van der Waals surface area contributed by atoms with Crippen molar-refractivity contribution in [2.45, 2.75) is 26.3 Å². The normalized spacial score (nSPS) is 30.3. The van der Waals surface area contributed by atoms with Gasteiger partial charge in [0, 0.05) is 6.54 Å². The minimum atomic E-state index is -0.145. The van der Waals surface area contributed by atoms with Crippen molar-refractivity contribution in [3.63, 3.8) is 0 Å². The first kappa shape index (κ1) is 11.8. The number of carbonyl (C=O) groups is 1. The first-order chi connectivity index (χ1) is 7.59. The third kappa shape index (κ3) is 2.19. The van der Waals surface area contributed by atoms with E-state index < -0.39 is 0 Å². The molecule has 0 aromatic heterocycles. The van der Waals surface area contributed by atoms with Gasteiger partial charge in [0.25, 0.3) is 0 Å². The molecule has 2 amide bonds. The number of thioether (sulfide) groups is 1. The van der Waals surface area contributed by atoms with E-state index in [-0.39, 0.29) is 12.1 Å². The molecule has 0 bridgehead atoms. The second-order valence-electron chi connectivity index (χ2n) is 4.93. The number of urea groups is 1. The highest BCUT2D eigenvalue weighted by atomic mass is 32.2. The Labute approximate surface area is 101 Å². The predicted octanol–water partition coefficient (Wildman–Crippen LogP) is 1.56. The van der Waals surface area contributed by atoms with Crippen LogP contribution in [0.1, 0.15) is 20.3 Å². The largest absolute Gasteiger partial charge is 0.385 e. The molecule has 2 aliphatic rings. The van der Waals surface area contributed by atoms with Crippen LogP contribution in [-0.4, -0.2) is 40.9 Å². The topological polar surface area (TPSA) is 58.7 Å². The minimum absolute atomic E-state index is 0.0601. The number of nitrogens with zero attached hydrogens (tertiary/aromatic N) is 2. The van der Waals surface area contributed by atoms with E-state index in [1.807, 2.05) is 16.7 Å². The number of carbonyl (C=O) groups excluding carboxylic acids is 1. The lowest BCUT2D eigenvalue weighted by atomic mass is 9.97. The summed E-state index contributed by atoms with van der Waals surface area (Å²) < 4.78 is 0. The van der Waals surface area contributed by atoms with Gasteiger partial charge < -0.3 is 10.6 Å². The van der Waals surface area contributed by atoms with Gasteiger partial charge in [-0.3, -0.25) is 0 Å². The molecular weight excluding hydrogens is 222 g/mol. The van der Waals surface area contributed by atoms with Crippen molar-refractivity contribution in [3.8, 4) is 0 Å². The van der Waals surface area contributed by atoms with Gasteiger partial charge in [-0.25, -0.2) is 4.79 Å². The smallest absolute Gasteiger partial charge is 0.345 e. The molecular formula is C11H19N3OS. The standard InChI is InChI=1S/C11H19N3OS/c1-7(2)5-14-9(8-3-4-16-6-8)10(12)13-11(14)15/h7-9H,3-6H2,1-2H3,(H2,12,13,15). The molecule has 2 unspecified atom stereocenters. The van der Waals surface area contributed by atoms with Crippen molar-refractivity contribution in [2.24, 2.45) is 22.6 Å². The van der Waals surface area contributed by atoms with Crippen LogP contribution in [0.3, 0.4) is 0 Å². The summed E-state index contributed by atoms with van der Waals surface area (Å²) >= 11 is 1.94. The van der Waals surface area contributed by atoms with Crippen molar-refractivity contribution in [1.29, 1.82) is 0 Å². The molecule has 0 aromatic rings. The summed E-state index contributed by atoms with van der Waals surface area (Å²) in [5.74, 6) is 3.76. The van der Waals surface area contributed by atoms with Gasteiger partial charge in [-0.2, -0.15) is 16.8 Å². The van der Waals surface area contributed by atoms with Crippen LogP contribution in [0.2, 0.25) is 0 Å². The zero-order valence-corrected chi connectivity index (χ0v) is 10.7. The van der Waals surface area contributed by atoms with Gasteiger partial charge in [-0.1, -0.05) is 13.8 Å². The molecule has 4 nitrogen and oxygen atoms in total. The number of nitrogens with two attached hydrogens (primary N) is 1. The molecule has 0 spiro atoms. The maximum absolute atomic E-state index is 11.7. The second-order valence-corrected chi connectivity index (χ2v) is 6.08. The van der Waals surface area contributed by atoms with E-state index in [4.69, 9.17) is 5.73 Å². The maximum atomic E-state index is 11.7. The lowest BCUT2D eigenvalue weighted by molar-refractivity contribution is 0.184. The third-order valence-corrected chi connectivity index (χ3v) is 4.27. The molecule has 2 heterocycles. The zero-order valence-electron chi connectivity index (χ0n) is 9.85. The van der Waals surface area contributed by atoms with Gasteiger partial charge in [0.15, 0.2) is 0 Å². The minimum Gasteiger partial charge on any atom is -0.385 e. The fraction of sp³-hybridized carbons (Fsp3) is 0.818. The molecule has 2 atom stereocenters. The highest BCUT2D eigenvalue weighted by Gasteiger charge is 2.40. The van der Waals surface area contributed by atoms with E-state index >= 15 is 0 Å². The van der Waals surface area contributed by atoms with Crippen LogP contribution >= 0.6 is 11.8 Å². The molecule has 0 saturated carbocycles. The Morgan fingerprint density at radius 3 is 2.94 bits per heavy atom. The van der Waals surface area contributed by atoms with Gasteiger partial charge in [-0.15, -0.1) is 0 Å². The van der Waals surface area contributed by atoms with E-state index in [0.29, 0.717) is 17.7 Å². The number of amidine groups is 1. The average Bonchev–Trinajstić information content (AvgIpc) is 2.75. The molecule has 16 heavy (non-hydrogen) atoms. The van der Waals surface area contributed by atoms with Crippen LogP contribution in [0.5, 0.6) is 0 Å². The molecule has 1 saturated heterocycles. The summed E-state index contributed by atoms with van der Waals surface area (Å²) in [6, 6.07) is -0.0852. The molecule has 0 aliphatic carbocycles. The van der Waals surface area contributed by atoms with Crippen molar-refractivity contribution in [3.05, 3.63) is 0 Å². The van der Waals surface area contributed by atoms with Gasteiger partial charge in [0.1, 0.15) is 5.84 Å². The number of aliphatic imine (C=N–C) groups is 1. The fourth-order valence-electron chi connectivity index (χ4n) is 2.40. The summed E-state index contributed by atoms with van der Waals surface area (Å²) in [7, 11) is 0. The third-order valence-electron chi connectivity index (χ3n) is 3.08. The Bertz CT molecular complexity index is 310. The number of amides is 2. The molecule has 90 valence electrons. The van der Waals surface area contributed by atoms with Gasteiger partial charge in [-0.05, 0) is 29.8 Å². The Balaban J connectivity index is 2.12. The highest BCUT2D eigenvalue weighted by molar-refractivity contribution is 7.99. The Morgan fingerprint density at radius 1 is 1.62 bits per heavy atom. The first-order valence-electron chi connectivity index (χ1n) is 5.82. The lowest BCUT2D eigenvalue weighted by Gasteiger charge is -2.29. The van der Waals surface area contributed by atoms with E-state index in [1.54, 1.807) is 0 Å². The molecule has 0 radical (unpaired) electrons. The Hall–Kier alpha value is -0.710. The van der Waals surface area contributed by atoms with Crippen LogP contribution in [0.4, 0.5) is 4.79 Å². The van der Waals surface area contributed by atoms with Gasteiger partial charge in [0.05, 0.1) is 6.04 Å². The summed E-state index contributed by atoms with van der Waals surface area (Å²) in [6.45, 7) is 4.99. The van der Waals surface area contributed by atoms with E-state index in [1.165, 1.54) is 5.75 Å². The van der Waals surface area contributed by atoms with Crippen LogP contribution < -0.4 is 5.73 Å². The Kier molecular flexibility index (Phi) is 3.42. The SMILES string of the molecule is CC(C)CN1C(=O)N=C(N)C1C1CCSC1.